The van der Waals surface area contributed by atoms with Crippen LogP contribution in [0.25, 0.3) is 15.2 Å². The predicted molar refractivity (Wildman–Crippen MR) is 103 cm³/mol. The second kappa shape index (κ2) is 6.96. The van der Waals surface area contributed by atoms with Crippen LogP contribution in [0.4, 0.5) is 0 Å². The van der Waals surface area contributed by atoms with Crippen molar-refractivity contribution in [1.29, 1.82) is 0 Å². The lowest BCUT2D eigenvalue weighted by Gasteiger charge is -2.33. The highest BCUT2D eigenvalue weighted by molar-refractivity contribution is 7.99. The van der Waals surface area contributed by atoms with Crippen LogP contribution in [-0.2, 0) is 4.79 Å². The maximum atomic E-state index is 12.6. The standard InChI is InChI=1S/C18H22N4OS2/c1-12-7-9-13(10-8-12)21(2)16(23)11-24-17-19-20-18-22(17)14-5-3-4-6-15(14)25-18/h3-6,12-13H,7-11H2,1-2H3. The Kier molecular flexibility index (Phi) is 4.69. The van der Waals surface area contributed by atoms with Gasteiger partial charge in [-0.3, -0.25) is 9.20 Å². The van der Waals surface area contributed by atoms with E-state index in [-0.39, 0.29) is 5.91 Å². The lowest BCUT2D eigenvalue weighted by atomic mass is 9.87. The van der Waals surface area contributed by atoms with E-state index >= 15 is 0 Å². The van der Waals surface area contributed by atoms with Crippen LogP contribution in [-0.4, -0.2) is 44.2 Å². The summed E-state index contributed by atoms with van der Waals surface area (Å²) >= 11 is 3.11. The summed E-state index contributed by atoms with van der Waals surface area (Å²) in [5.74, 6) is 1.39. The molecule has 3 aromatic rings. The summed E-state index contributed by atoms with van der Waals surface area (Å²) in [6.45, 7) is 2.30. The number of hydrogen-bond acceptors (Lipinski definition) is 5. The van der Waals surface area contributed by atoms with Crippen LogP contribution in [0, 0.1) is 5.92 Å². The molecule has 0 radical (unpaired) electrons. The third-order valence-corrected chi connectivity index (χ3v) is 7.09. The minimum atomic E-state index is 0.181. The second-order valence-electron chi connectivity index (χ2n) is 6.88. The number of rotatable bonds is 4. The molecule has 2 heterocycles. The third-order valence-electron chi connectivity index (χ3n) is 5.16. The molecular weight excluding hydrogens is 352 g/mol. The zero-order valence-electron chi connectivity index (χ0n) is 14.5. The molecule has 0 saturated heterocycles. The summed E-state index contributed by atoms with van der Waals surface area (Å²) in [5, 5.41) is 9.34. The van der Waals surface area contributed by atoms with Gasteiger partial charge in [-0.15, -0.1) is 10.2 Å². The van der Waals surface area contributed by atoms with E-state index in [4.69, 9.17) is 0 Å². The Balaban J connectivity index is 1.46. The van der Waals surface area contributed by atoms with Crippen molar-refractivity contribution in [3.8, 4) is 0 Å². The highest BCUT2D eigenvalue weighted by Crippen LogP contribution is 2.30. The van der Waals surface area contributed by atoms with Gasteiger partial charge in [-0.2, -0.15) is 0 Å². The number of amides is 1. The Morgan fingerprint density at radius 2 is 2.04 bits per heavy atom. The molecule has 5 nitrogen and oxygen atoms in total. The van der Waals surface area contributed by atoms with Crippen LogP contribution < -0.4 is 0 Å². The van der Waals surface area contributed by atoms with Gasteiger partial charge in [0, 0.05) is 13.1 Å². The van der Waals surface area contributed by atoms with E-state index in [1.54, 1.807) is 11.3 Å². The normalized spacial score (nSPS) is 21.0. The van der Waals surface area contributed by atoms with Gasteiger partial charge in [0.25, 0.3) is 0 Å². The molecule has 7 heteroatoms. The molecular formula is C18H22N4OS2. The highest BCUT2D eigenvalue weighted by Gasteiger charge is 2.25. The highest BCUT2D eigenvalue weighted by atomic mass is 32.2. The predicted octanol–water partition coefficient (Wildman–Crippen LogP) is 4.07. The molecule has 0 unspecified atom stereocenters. The first kappa shape index (κ1) is 16.8. The minimum Gasteiger partial charge on any atom is -0.342 e. The molecule has 4 rings (SSSR count). The fraction of sp³-hybridized carbons (Fsp3) is 0.500. The monoisotopic (exact) mass is 374 g/mol. The van der Waals surface area contributed by atoms with E-state index in [1.807, 2.05) is 24.1 Å². The van der Waals surface area contributed by atoms with E-state index < -0.39 is 0 Å². The number of nitrogens with zero attached hydrogens (tertiary/aromatic N) is 4. The lowest BCUT2D eigenvalue weighted by molar-refractivity contribution is -0.129. The van der Waals surface area contributed by atoms with Gasteiger partial charge in [0.05, 0.1) is 16.0 Å². The van der Waals surface area contributed by atoms with E-state index in [0.717, 1.165) is 34.4 Å². The Labute approximate surface area is 155 Å². The van der Waals surface area contributed by atoms with Crippen LogP contribution in [0.2, 0.25) is 0 Å². The van der Waals surface area contributed by atoms with Crippen molar-refractivity contribution in [2.45, 2.75) is 43.8 Å². The second-order valence-corrected chi connectivity index (χ2v) is 8.83. The molecule has 0 bridgehead atoms. The zero-order chi connectivity index (χ0) is 17.4. The van der Waals surface area contributed by atoms with Crippen molar-refractivity contribution < 1.29 is 4.79 Å². The molecule has 0 N–H and O–H groups in total. The lowest BCUT2D eigenvalue weighted by Crippen LogP contribution is -2.40. The van der Waals surface area contributed by atoms with Gasteiger partial charge in [0.15, 0.2) is 5.16 Å². The Hall–Kier alpha value is -1.60. The maximum Gasteiger partial charge on any atom is 0.233 e. The largest absolute Gasteiger partial charge is 0.342 e. The molecule has 0 spiro atoms. The first-order valence-electron chi connectivity index (χ1n) is 8.74. The van der Waals surface area contributed by atoms with Crippen molar-refractivity contribution in [3.63, 3.8) is 0 Å². The summed E-state index contributed by atoms with van der Waals surface area (Å²) < 4.78 is 3.24. The maximum absolute atomic E-state index is 12.6. The molecule has 132 valence electrons. The third kappa shape index (κ3) is 3.27. The van der Waals surface area contributed by atoms with E-state index in [2.05, 4.69) is 33.7 Å². The van der Waals surface area contributed by atoms with Crippen LogP contribution in [0.1, 0.15) is 32.6 Å². The Morgan fingerprint density at radius 3 is 2.84 bits per heavy atom. The van der Waals surface area contributed by atoms with Crippen molar-refractivity contribution >= 4 is 44.2 Å². The summed E-state index contributed by atoms with van der Waals surface area (Å²) in [4.78, 5) is 15.4. The minimum absolute atomic E-state index is 0.181. The van der Waals surface area contributed by atoms with Gasteiger partial charge < -0.3 is 4.90 Å². The number of hydrogen-bond donors (Lipinski definition) is 0. The first-order valence-corrected chi connectivity index (χ1v) is 10.5. The number of carbonyl (C=O) groups is 1. The van der Waals surface area contributed by atoms with E-state index in [9.17, 15) is 4.79 Å². The van der Waals surface area contributed by atoms with Gasteiger partial charge in [-0.05, 0) is 43.7 Å². The number of thioether (sulfide) groups is 1. The smallest absolute Gasteiger partial charge is 0.233 e. The van der Waals surface area contributed by atoms with E-state index in [1.165, 1.54) is 29.3 Å². The number of fused-ring (bicyclic) bond motifs is 3. The van der Waals surface area contributed by atoms with Gasteiger partial charge >= 0.3 is 0 Å². The fourth-order valence-electron chi connectivity index (χ4n) is 3.51. The topological polar surface area (TPSA) is 50.5 Å². The number of thiazole rings is 1. The Bertz CT molecular complexity index is 895. The van der Waals surface area contributed by atoms with Crippen molar-refractivity contribution in [3.05, 3.63) is 24.3 Å². The quantitative estimate of drug-likeness (QED) is 0.646. The number of carbonyl (C=O) groups excluding carboxylic acids is 1. The summed E-state index contributed by atoms with van der Waals surface area (Å²) in [6, 6.07) is 8.61. The molecule has 1 aromatic carbocycles. The van der Waals surface area contributed by atoms with Crippen LogP contribution >= 0.6 is 23.1 Å². The SMILES string of the molecule is CC1CCC(N(C)C(=O)CSc2nnc3sc4ccccc4n23)CC1. The van der Waals surface area contributed by atoms with Crippen LogP contribution in [0.5, 0.6) is 0 Å². The van der Waals surface area contributed by atoms with Gasteiger partial charge in [-0.1, -0.05) is 42.2 Å². The number of benzene rings is 1. The summed E-state index contributed by atoms with van der Waals surface area (Å²) in [5.41, 5.74) is 1.11. The van der Waals surface area contributed by atoms with E-state index in [0.29, 0.717) is 11.8 Å². The van der Waals surface area contributed by atoms with Crippen molar-refractivity contribution in [1.82, 2.24) is 19.5 Å². The van der Waals surface area contributed by atoms with Gasteiger partial charge in [0.2, 0.25) is 10.9 Å². The summed E-state index contributed by atoms with van der Waals surface area (Å²) in [6.07, 6.45) is 4.69. The Morgan fingerprint density at radius 1 is 1.28 bits per heavy atom. The number of para-hydroxylation sites is 1. The summed E-state index contributed by atoms with van der Waals surface area (Å²) in [7, 11) is 1.95. The molecule has 1 amide bonds. The molecule has 1 saturated carbocycles. The molecule has 1 aliphatic rings. The molecule has 1 aliphatic carbocycles. The van der Waals surface area contributed by atoms with Crippen LogP contribution in [0.3, 0.4) is 0 Å². The molecule has 0 aliphatic heterocycles. The first-order chi connectivity index (χ1) is 12.1. The zero-order valence-corrected chi connectivity index (χ0v) is 16.1. The molecule has 1 fully saturated rings. The van der Waals surface area contributed by atoms with Crippen molar-refractivity contribution in [2.75, 3.05) is 12.8 Å². The van der Waals surface area contributed by atoms with Gasteiger partial charge in [0.1, 0.15) is 0 Å². The van der Waals surface area contributed by atoms with Crippen molar-refractivity contribution in [2.24, 2.45) is 5.92 Å². The molecule has 25 heavy (non-hydrogen) atoms. The van der Waals surface area contributed by atoms with Gasteiger partial charge in [-0.25, -0.2) is 0 Å². The number of aromatic nitrogens is 3. The average Bonchev–Trinajstić information content (AvgIpc) is 3.19. The fourth-order valence-corrected chi connectivity index (χ4v) is 5.40. The molecule has 2 aromatic heterocycles. The average molecular weight is 375 g/mol. The molecule has 0 atom stereocenters. The van der Waals surface area contributed by atoms with Crippen LogP contribution in [0.15, 0.2) is 29.4 Å².